The van der Waals surface area contributed by atoms with Crippen LogP contribution >= 0.6 is 0 Å². The second-order valence-electron chi connectivity index (χ2n) is 5.42. The number of hydrogen-bond donors (Lipinski definition) is 1. The molecule has 0 amide bonds. The van der Waals surface area contributed by atoms with Gasteiger partial charge in [0.15, 0.2) is 5.78 Å². The van der Waals surface area contributed by atoms with E-state index in [-0.39, 0.29) is 17.7 Å². The number of carboxylic acid groups (broad SMARTS) is 1. The molecule has 2 rings (SSSR count). The normalized spacial score (nSPS) is 16.0. The Morgan fingerprint density at radius 2 is 2.04 bits per heavy atom. The number of nitro benzene ring substituents is 1. The molecule has 1 N–H and O–H groups in total. The highest BCUT2D eigenvalue weighted by Crippen LogP contribution is 2.30. The van der Waals surface area contributed by atoms with Crippen molar-refractivity contribution in [3.05, 3.63) is 33.9 Å². The van der Waals surface area contributed by atoms with Crippen molar-refractivity contribution in [3.8, 4) is 0 Å². The van der Waals surface area contributed by atoms with Gasteiger partial charge in [0.25, 0.3) is 5.69 Å². The lowest BCUT2D eigenvalue weighted by Crippen LogP contribution is -2.36. The summed E-state index contributed by atoms with van der Waals surface area (Å²) in [4.78, 5) is 35.6. The summed E-state index contributed by atoms with van der Waals surface area (Å²) in [6, 6.07) is 4.29. The van der Waals surface area contributed by atoms with Gasteiger partial charge in [-0.15, -0.1) is 0 Å². The van der Waals surface area contributed by atoms with E-state index in [9.17, 15) is 19.7 Å². The van der Waals surface area contributed by atoms with Gasteiger partial charge in [0.2, 0.25) is 0 Å². The van der Waals surface area contributed by atoms with Crippen molar-refractivity contribution >= 4 is 23.1 Å². The van der Waals surface area contributed by atoms with Crippen LogP contribution in [0.3, 0.4) is 0 Å². The van der Waals surface area contributed by atoms with E-state index in [1.165, 1.54) is 19.1 Å². The zero-order valence-electron chi connectivity index (χ0n) is 12.7. The second kappa shape index (κ2) is 7.19. The maximum absolute atomic E-state index is 12.2. The fourth-order valence-corrected chi connectivity index (χ4v) is 2.53. The molecule has 1 saturated heterocycles. The van der Waals surface area contributed by atoms with Crippen molar-refractivity contribution < 1.29 is 24.4 Å². The van der Waals surface area contributed by atoms with Gasteiger partial charge in [0.1, 0.15) is 5.69 Å². The number of Topliss-reactive ketones (excluding diaryl/α,β-unsaturated/α-hetero) is 1. The molecular formula is C15H18N2O6. The summed E-state index contributed by atoms with van der Waals surface area (Å²) in [7, 11) is 0. The molecule has 1 aromatic carbocycles. The molecule has 0 radical (unpaired) electrons. The minimum absolute atomic E-state index is 0.153. The molecular weight excluding hydrogens is 304 g/mol. The first-order valence-corrected chi connectivity index (χ1v) is 7.27. The molecule has 23 heavy (non-hydrogen) atoms. The number of carboxylic acids is 1. The number of ketones is 1. The summed E-state index contributed by atoms with van der Waals surface area (Å²) in [5.74, 6) is -2.23. The molecule has 0 saturated carbocycles. The van der Waals surface area contributed by atoms with E-state index in [0.29, 0.717) is 32.0 Å². The van der Waals surface area contributed by atoms with E-state index in [2.05, 4.69) is 0 Å². The first-order chi connectivity index (χ1) is 10.9. The average molecular weight is 322 g/mol. The molecule has 1 fully saturated rings. The van der Waals surface area contributed by atoms with E-state index in [0.717, 1.165) is 0 Å². The van der Waals surface area contributed by atoms with Gasteiger partial charge in [-0.3, -0.25) is 19.7 Å². The Morgan fingerprint density at radius 3 is 2.61 bits per heavy atom. The summed E-state index contributed by atoms with van der Waals surface area (Å²) < 4.78 is 5.23. The molecule has 0 aliphatic carbocycles. The number of carbonyl (C=O) groups excluding carboxylic acids is 1. The van der Waals surface area contributed by atoms with E-state index in [1.54, 1.807) is 6.07 Å². The molecule has 8 nitrogen and oxygen atoms in total. The van der Waals surface area contributed by atoms with Crippen LogP contribution in [-0.4, -0.2) is 48.1 Å². The summed E-state index contributed by atoms with van der Waals surface area (Å²) in [6.07, 6.45) is -0.308. The Bertz CT molecular complexity index is 624. The standard InChI is InChI=1S/C15H18N2O6/c1-10(8-14(18)19)15(20)11-2-3-12(13(9-11)17(21)22)16-4-6-23-7-5-16/h2-3,9-10H,4-8H2,1H3,(H,18,19). The number of anilines is 1. The average Bonchev–Trinajstić information content (AvgIpc) is 2.53. The number of morpholine rings is 1. The van der Waals surface area contributed by atoms with Crippen LogP contribution < -0.4 is 4.90 Å². The zero-order valence-corrected chi connectivity index (χ0v) is 12.7. The van der Waals surface area contributed by atoms with Crippen molar-refractivity contribution in [2.75, 3.05) is 31.2 Å². The van der Waals surface area contributed by atoms with Crippen LogP contribution in [-0.2, 0) is 9.53 Å². The number of carbonyl (C=O) groups is 2. The Labute approximate surface area is 132 Å². The van der Waals surface area contributed by atoms with Crippen LogP contribution in [0.4, 0.5) is 11.4 Å². The van der Waals surface area contributed by atoms with Gasteiger partial charge >= 0.3 is 5.97 Å². The number of ether oxygens (including phenoxy) is 1. The first-order valence-electron chi connectivity index (χ1n) is 7.27. The van der Waals surface area contributed by atoms with E-state index in [1.807, 2.05) is 4.90 Å². The molecule has 8 heteroatoms. The smallest absolute Gasteiger partial charge is 0.304 e. The topological polar surface area (TPSA) is 110 Å². The van der Waals surface area contributed by atoms with Crippen LogP contribution in [0.2, 0.25) is 0 Å². The molecule has 0 bridgehead atoms. The SMILES string of the molecule is CC(CC(=O)O)C(=O)c1ccc(N2CCOCC2)c([N+](=O)[O-])c1. The van der Waals surface area contributed by atoms with Gasteiger partial charge in [-0.25, -0.2) is 0 Å². The summed E-state index contributed by atoms with van der Waals surface area (Å²) in [6.45, 7) is 3.58. The predicted octanol–water partition coefficient (Wildman–Crippen LogP) is 1.72. The quantitative estimate of drug-likeness (QED) is 0.482. The predicted molar refractivity (Wildman–Crippen MR) is 81.9 cm³/mol. The first kappa shape index (κ1) is 16.9. The molecule has 1 aliphatic rings. The van der Waals surface area contributed by atoms with Crippen molar-refractivity contribution in [3.63, 3.8) is 0 Å². The zero-order chi connectivity index (χ0) is 17.0. The molecule has 0 aromatic heterocycles. The third kappa shape index (κ3) is 4.04. The molecule has 0 spiro atoms. The van der Waals surface area contributed by atoms with Crippen LogP contribution in [0.1, 0.15) is 23.7 Å². The number of nitrogens with zero attached hydrogens (tertiary/aromatic N) is 2. The van der Waals surface area contributed by atoms with Gasteiger partial charge in [-0.1, -0.05) is 6.92 Å². The van der Waals surface area contributed by atoms with Gasteiger partial charge in [-0.2, -0.15) is 0 Å². The highest BCUT2D eigenvalue weighted by atomic mass is 16.6. The summed E-state index contributed by atoms with van der Waals surface area (Å²) in [5.41, 5.74) is 0.448. The number of aliphatic carboxylic acids is 1. The van der Waals surface area contributed by atoms with E-state index < -0.39 is 22.6 Å². The van der Waals surface area contributed by atoms with E-state index in [4.69, 9.17) is 9.84 Å². The second-order valence-corrected chi connectivity index (χ2v) is 5.42. The lowest BCUT2D eigenvalue weighted by atomic mass is 9.95. The number of hydrogen-bond acceptors (Lipinski definition) is 6. The number of benzene rings is 1. The maximum Gasteiger partial charge on any atom is 0.304 e. The minimum atomic E-state index is -1.08. The Kier molecular flexibility index (Phi) is 5.28. The monoisotopic (exact) mass is 322 g/mol. The Hall–Kier alpha value is -2.48. The van der Waals surface area contributed by atoms with Crippen molar-refractivity contribution in [2.45, 2.75) is 13.3 Å². The Balaban J connectivity index is 2.30. The van der Waals surface area contributed by atoms with Crippen molar-refractivity contribution in [1.29, 1.82) is 0 Å². The highest BCUT2D eigenvalue weighted by molar-refractivity contribution is 6.00. The van der Waals surface area contributed by atoms with Crippen LogP contribution in [0.25, 0.3) is 0 Å². The van der Waals surface area contributed by atoms with Crippen LogP contribution in [0.5, 0.6) is 0 Å². The molecule has 1 aliphatic heterocycles. The maximum atomic E-state index is 12.2. The van der Waals surface area contributed by atoms with Crippen molar-refractivity contribution in [1.82, 2.24) is 0 Å². The molecule has 124 valence electrons. The number of rotatable bonds is 6. The third-order valence-corrected chi connectivity index (χ3v) is 3.74. The van der Waals surface area contributed by atoms with Gasteiger partial charge in [0, 0.05) is 30.6 Å². The highest BCUT2D eigenvalue weighted by Gasteiger charge is 2.25. The molecule has 1 unspecified atom stereocenters. The van der Waals surface area contributed by atoms with Gasteiger partial charge in [-0.05, 0) is 12.1 Å². The fraction of sp³-hybridized carbons (Fsp3) is 0.467. The van der Waals surface area contributed by atoms with Crippen LogP contribution in [0.15, 0.2) is 18.2 Å². The lowest BCUT2D eigenvalue weighted by molar-refractivity contribution is -0.384. The fourth-order valence-electron chi connectivity index (χ4n) is 2.53. The molecule has 1 atom stereocenters. The largest absolute Gasteiger partial charge is 0.481 e. The van der Waals surface area contributed by atoms with Gasteiger partial charge in [0.05, 0.1) is 24.6 Å². The van der Waals surface area contributed by atoms with Gasteiger partial charge < -0.3 is 14.7 Å². The summed E-state index contributed by atoms with van der Waals surface area (Å²) in [5, 5.41) is 20.1. The molecule has 1 aromatic rings. The Morgan fingerprint density at radius 1 is 1.39 bits per heavy atom. The van der Waals surface area contributed by atoms with E-state index >= 15 is 0 Å². The number of nitro groups is 1. The van der Waals surface area contributed by atoms with Crippen LogP contribution in [0, 0.1) is 16.0 Å². The summed E-state index contributed by atoms with van der Waals surface area (Å²) >= 11 is 0. The molecule has 1 heterocycles. The minimum Gasteiger partial charge on any atom is -0.481 e. The third-order valence-electron chi connectivity index (χ3n) is 3.74. The lowest BCUT2D eigenvalue weighted by Gasteiger charge is -2.28. The van der Waals surface area contributed by atoms with Crippen molar-refractivity contribution in [2.24, 2.45) is 5.92 Å².